The second-order valence-electron chi connectivity index (χ2n) is 9.36. The first kappa shape index (κ1) is 23.8. The Balaban J connectivity index is 1.36. The molecule has 0 aromatic heterocycles. The third kappa shape index (κ3) is 5.40. The van der Waals surface area contributed by atoms with Crippen LogP contribution in [-0.4, -0.2) is 60.4 Å². The first-order valence-electron chi connectivity index (χ1n) is 12.1. The van der Waals surface area contributed by atoms with Crippen LogP contribution in [0.4, 0.5) is 5.69 Å². The molecular weight excluding hydrogens is 426 g/mol. The molecule has 1 N–H and O–H groups in total. The summed E-state index contributed by atoms with van der Waals surface area (Å²) in [7, 11) is 1.46. The van der Waals surface area contributed by atoms with Crippen LogP contribution in [0.15, 0.2) is 54.6 Å². The van der Waals surface area contributed by atoms with E-state index < -0.39 is 5.54 Å². The molecule has 34 heavy (non-hydrogen) atoms. The summed E-state index contributed by atoms with van der Waals surface area (Å²) in [5.41, 5.74) is 1.97. The zero-order chi connectivity index (χ0) is 24.0. The molecular formula is C27H33N5O2. The van der Waals surface area contributed by atoms with Crippen molar-refractivity contribution in [2.45, 2.75) is 44.2 Å². The van der Waals surface area contributed by atoms with Gasteiger partial charge in [-0.15, -0.1) is 0 Å². The molecule has 7 heteroatoms. The maximum Gasteiger partial charge on any atom is 0.261 e. The number of nitrogens with one attached hydrogen (secondary N) is 1. The van der Waals surface area contributed by atoms with E-state index in [2.05, 4.69) is 39.4 Å². The zero-order valence-corrected chi connectivity index (χ0v) is 19.9. The highest BCUT2D eigenvalue weighted by atomic mass is 16.2. The quantitative estimate of drug-likeness (QED) is 0.529. The maximum atomic E-state index is 13.1. The number of nitrogens with zero attached hydrogens (tertiary/aromatic N) is 4. The Kier molecular flexibility index (Phi) is 7.49. The molecule has 2 aromatic rings. The average molecular weight is 460 g/mol. The monoisotopic (exact) mass is 459 g/mol. The van der Waals surface area contributed by atoms with Crippen molar-refractivity contribution < 1.29 is 9.59 Å². The number of likely N-dealkylation sites (N-methyl/N-ethyl adjacent to an activating group) is 1. The summed E-state index contributed by atoms with van der Waals surface area (Å²) >= 11 is 0. The van der Waals surface area contributed by atoms with Gasteiger partial charge in [-0.2, -0.15) is 5.26 Å². The van der Waals surface area contributed by atoms with Gasteiger partial charge in [-0.05, 0) is 42.7 Å². The number of benzene rings is 2. The molecule has 7 nitrogen and oxygen atoms in total. The predicted octanol–water partition coefficient (Wildman–Crippen LogP) is 3.38. The summed E-state index contributed by atoms with van der Waals surface area (Å²) in [6.07, 6.45) is 5.77. The Bertz CT molecular complexity index is 1020. The molecule has 1 heterocycles. The lowest BCUT2D eigenvalue weighted by molar-refractivity contribution is -0.135. The van der Waals surface area contributed by atoms with Gasteiger partial charge in [0.2, 0.25) is 0 Å². The van der Waals surface area contributed by atoms with Crippen molar-refractivity contribution in [1.29, 1.82) is 5.26 Å². The minimum absolute atomic E-state index is 0.263. The Morgan fingerprint density at radius 3 is 2.24 bits per heavy atom. The number of rotatable bonds is 6. The van der Waals surface area contributed by atoms with Gasteiger partial charge < -0.3 is 10.2 Å². The van der Waals surface area contributed by atoms with Gasteiger partial charge in [0.05, 0.1) is 0 Å². The minimum atomic E-state index is -0.992. The van der Waals surface area contributed by atoms with Gasteiger partial charge in [0.1, 0.15) is 5.54 Å². The molecule has 0 unspecified atom stereocenters. The van der Waals surface area contributed by atoms with Crippen molar-refractivity contribution in [1.82, 2.24) is 15.1 Å². The van der Waals surface area contributed by atoms with Crippen molar-refractivity contribution >= 4 is 17.5 Å². The average Bonchev–Trinajstić information content (AvgIpc) is 2.89. The van der Waals surface area contributed by atoms with E-state index in [1.807, 2.05) is 36.5 Å². The molecule has 2 aromatic carbocycles. The van der Waals surface area contributed by atoms with Crippen LogP contribution >= 0.6 is 0 Å². The molecule has 2 amide bonds. The van der Waals surface area contributed by atoms with E-state index in [1.54, 1.807) is 0 Å². The van der Waals surface area contributed by atoms with Crippen molar-refractivity contribution in [3.05, 3.63) is 65.7 Å². The highest BCUT2D eigenvalue weighted by molar-refractivity contribution is 5.99. The molecule has 0 spiro atoms. The number of carbonyl (C=O) groups is 2. The Labute approximate surface area is 201 Å². The van der Waals surface area contributed by atoms with Crippen LogP contribution in [-0.2, 0) is 11.3 Å². The summed E-state index contributed by atoms with van der Waals surface area (Å²) in [6.45, 7) is 4.84. The number of carbonyl (C=O) groups excluding carboxylic acids is 2. The van der Waals surface area contributed by atoms with E-state index in [9.17, 15) is 14.9 Å². The topological polar surface area (TPSA) is 79.7 Å². The van der Waals surface area contributed by atoms with Crippen molar-refractivity contribution in [3.8, 4) is 6.19 Å². The van der Waals surface area contributed by atoms with Crippen LogP contribution in [0.5, 0.6) is 0 Å². The first-order chi connectivity index (χ1) is 16.5. The van der Waals surface area contributed by atoms with E-state index >= 15 is 0 Å². The number of piperazine rings is 1. The van der Waals surface area contributed by atoms with Crippen molar-refractivity contribution in [3.63, 3.8) is 0 Å². The molecule has 4 rings (SSSR count). The SMILES string of the molecule is CN(C#N)C(=O)C1(NC(=O)c2ccc(N3CCN(Cc4ccccc4)CC3)cc2)CCCCC1. The van der Waals surface area contributed by atoms with Gasteiger partial charge in [-0.3, -0.25) is 19.4 Å². The number of hydrogen-bond donors (Lipinski definition) is 1. The summed E-state index contributed by atoms with van der Waals surface area (Å²) in [6, 6.07) is 18.2. The maximum absolute atomic E-state index is 13.1. The highest BCUT2D eigenvalue weighted by Crippen LogP contribution is 2.30. The van der Waals surface area contributed by atoms with Crippen molar-refractivity contribution in [2.24, 2.45) is 0 Å². The van der Waals surface area contributed by atoms with Gasteiger partial charge in [-0.25, -0.2) is 0 Å². The molecule has 178 valence electrons. The van der Waals surface area contributed by atoms with Crippen LogP contribution in [0.2, 0.25) is 0 Å². The fourth-order valence-corrected chi connectivity index (χ4v) is 5.03. The minimum Gasteiger partial charge on any atom is -0.369 e. The fraction of sp³-hybridized carbons (Fsp3) is 0.444. The van der Waals surface area contributed by atoms with E-state index in [0.29, 0.717) is 18.4 Å². The normalized spacial score (nSPS) is 18.1. The molecule has 1 aliphatic heterocycles. The molecule has 1 saturated carbocycles. The third-order valence-electron chi connectivity index (χ3n) is 7.04. The van der Waals surface area contributed by atoms with E-state index in [0.717, 1.165) is 62.6 Å². The summed E-state index contributed by atoms with van der Waals surface area (Å²) < 4.78 is 0. The Morgan fingerprint density at radius 2 is 1.62 bits per heavy atom. The Morgan fingerprint density at radius 1 is 0.971 bits per heavy atom. The zero-order valence-electron chi connectivity index (χ0n) is 19.9. The predicted molar refractivity (Wildman–Crippen MR) is 132 cm³/mol. The number of anilines is 1. The van der Waals surface area contributed by atoms with Gasteiger partial charge in [-0.1, -0.05) is 49.6 Å². The number of nitriles is 1. The molecule has 0 bridgehead atoms. The van der Waals surface area contributed by atoms with Crippen LogP contribution in [0, 0.1) is 11.5 Å². The van der Waals surface area contributed by atoms with E-state index in [-0.39, 0.29) is 11.8 Å². The van der Waals surface area contributed by atoms with E-state index in [1.165, 1.54) is 12.6 Å². The van der Waals surface area contributed by atoms with Crippen LogP contribution in [0.3, 0.4) is 0 Å². The lowest BCUT2D eigenvalue weighted by Crippen LogP contribution is -2.59. The number of hydrogen-bond acceptors (Lipinski definition) is 5. The largest absolute Gasteiger partial charge is 0.369 e. The molecule has 2 fully saturated rings. The number of amides is 2. The molecule has 1 saturated heterocycles. The Hall–Kier alpha value is -3.37. The molecule has 0 radical (unpaired) electrons. The summed E-state index contributed by atoms with van der Waals surface area (Å²) in [5, 5.41) is 12.2. The van der Waals surface area contributed by atoms with Crippen LogP contribution in [0.1, 0.15) is 48.0 Å². The second kappa shape index (κ2) is 10.7. The van der Waals surface area contributed by atoms with Gasteiger partial charge in [0.15, 0.2) is 6.19 Å². The summed E-state index contributed by atoms with van der Waals surface area (Å²) in [5.74, 6) is -0.589. The standard InChI is InChI=1S/C27H33N5O2/c1-30(21-28)26(34)27(14-6-3-7-15-27)29-25(33)23-10-12-24(13-11-23)32-18-16-31(17-19-32)20-22-8-4-2-5-9-22/h2,4-5,8-13H,3,6-7,14-20H2,1H3,(H,29,33). The highest BCUT2D eigenvalue weighted by Gasteiger charge is 2.42. The smallest absolute Gasteiger partial charge is 0.261 e. The lowest BCUT2D eigenvalue weighted by atomic mass is 9.80. The van der Waals surface area contributed by atoms with Gasteiger partial charge in [0.25, 0.3) is 11.8 Å². The van der Waals surface area contributed by atoms with E-state index in [4.69, 9.17) is 0 Å². The third-order valence-corrected chi connectivity index (χ3v) is 7.04. The van der Waals surface area contributed by atoms with Gasteiger partial charge >= 0.3 is 0 Å². The first-order valence-corrected chi connectivity index (χ1v) is 12.1. The molecule has 0 atom stereocenters. The van der Waals surface area contributed by atoms with Crippen molar-refractivity contribution in [2.75, 3.05) is 38.1 Å². The molecule has 1 aliphatic carbocycles. The fourth-order valence-electron chi connectivity index (χ4n) is 5.03. The lowest BCUT2D eigenvalue weighted by Gasteiger charge is -2.37. The second-order valence-corrected chi connectivity index (χ2v) is 9.36. The van der Waals surface area contributed by atoms with Gasteiger partial charge in [0, 0.05) is 51.0 Å². The summed E-state index contributed by atoms with van der Waals surface area (Å²) in [4.78, 5) is 31.8. The van der Waals surface area contributed by atoms with Crippen LogP contribution < -0.4 is 10.2 Å². The van der Waals surface area contributed by atoms with Crippen LogP contribution in [0.25, 0.3) is 0 Å². The molecule has 2 aliphatic rings.